The fraction of sp³-hybridized carbons (Fsp3) is 0.710. The van der Waals surface area contributed by atoms with E-state index in [0.29, 0.717) is 6.42 Å². The number of ether oxygens (including phenoxy) is 2. The van der Waals surface area contributed by atoms with Gasteiger partial charge in [0, 0.05) is 0 Å². The summed E-state index contributed by atoms with van der Waals surface area (Å²) in [4.78, 5) is 15.4. The second-order valence-corrected chi connectivity index (χ2v) is 21.9. The maximum atomic E-state index is 15.4. The summed E-state index contributed by atoms with van der Waals surface area (Å²) in [6.07, 6.45) is 6.28. The minimum absolute atomic E-state index is 0.0291. The van der Waals surface area contributed by atoms with Crippen molar-refractivity contribution in [3.05, 3.63) is 42.0 Å². The number of hydrogen-bond donors (Lipinski definition) is 1. The zero-order valence-corrected chi connectivity index (χ0v) is 27.1. The Bertz CT molecular complexity index is 1110. The van der Waals surface area contributed by atoms with Crippen LogP contribution in [0.1, 0.15) is 73.6 Å². The van der Waals surface area contributed by atoms with Crippen molar-refractivity contribution < 1.29 is 23.8 Å². The second-order valence-electron chi connectivity index (χ2n) is 14.1. The molecule has 7 heteroatoms. The molecule has 1 saturated heterocycles. The number of benzene rings is 1. The molecule has 2 bridgehead atoms. The van der Waals surface area contributed by atoms with Gasteiger partial charge in [-0.05, 0) is 0 Å². The van der Waals surface area contributed by atoms with Crippen LogP contribution >= 0.6 is 0 Å². The van der Waals surface area contributed by atoms with E-state index in [1.165, 1.54) is 0 Å². The Labute approximate surface area is 236 Å². The zero-order chi connectivity index (χ0) is 27.8. The molecule has 0 amide bonds. The maximum absolute atomic E-state index is 15.4. The minimum atomic E-state index is -2.22. The quantitative estimate of drug-likeness (QED) is 0.352. The van der Waals surface area contributed by atoms with Gasteiger partial charge >= 0.3 is 237 Å². The van der Waals surface area contributed by atoms with Crippen LogP contribution < -0.4 is 4.46 Å². The van der Waals surface area contributed by atoms with Gasteiger partial charge < -0.3 is 0 Å². The second kappa shape index (κ2) is 9.37. The van der Waals surface area contributed by atoms with Crippen LogP contribution in [-0.2, 0) is 18.7 Å². The van der Waals surface area contributed by atoms with Crippen molar-refractivity contribution in [2.24, 2.45) is 11.3 Å². The molecule has 1 heterocycles. The first-order chi connectivity index (χ1) is 17.6. The molecule has 3 aliphatic carbocycles. The molecule has 210 valence electrons. The molecule has 6 atom stereocenters. The summed E-state index contributed by atoms with van der Waals surface area (Å²) in [6.45, 7) is 17.3. The van der Waals surface area contributed by atoms with Crippen LogP contribution in [-0.4, -0.2) is 64.4 Å². The topological polar surface area (TPSA) is 65.0 Å². The first-order valence-electron chi connectivity index (χ1n) is 14.3. The van der Waals surface area contributed by atoms with Crippen molar-refractivity contribution in [3.63, 3.8) is 0 Å². The molecule has 1 aliphatic heterocycles. The van der Waals surface area contributed by atoms with Gasteiger partial charge in [-0.1, -0.05) is 0 Å². The third kappa shape index (κ3) is 4.19. The molecule has 4 aliphatic rings. The number of rotatable bonds is 5. The molecule has 1 N–H and O–H groups in total. The SMILES string of the molecule is CC1=CC23CCCCC(C[C@@](CO)([Se]c4ccccc4)C(=O)[C@@]24OC(C)(C)O[C@@H]14)C3O[Si](C)(C)C(C)(C)C. The van der Waals surface area contributed by atoms with E-state index in [2.05, 4.69) is 59.0 Å². The standard InChI is InChI=1S/C31H46O5SeSi/c1-21-18-29-17-13-12-14-22(25(29)35-38(7,8)27(2,3)4)19-30(20-32,37-23-15-10-9-11-16-23)26(33)31(29)24(21)34-28(5,6)36-31/h9-11,15-16,18,22,24-25,32H,12-14,17,19-20H2,1-8H3/t22?,24-,25?,29?,30-,31+/m0/s1. The summed E-state index contributed by atoms with van der Waals surface area (Å²) in [7, 11) is -2.22. The van der Waals surface area contributed by atoms with E-state index in [0.717, 1.165) is 35.7 Å². The van der Waals surface area contributed by atoms with Crippen LogP contribution in [0.4, 0.5) is 0 Å². The number of Topliss-reactive ketones (excluding diaryl/α,β-unsaturated/α-hetero) is 1. The molecule has 1 aromatic rings. The number of carbonyl (C=O) groups excluding carboxylic acids is 1. The number of aliphatic hydroxyl groups excluding tert-OH is 1. The summed E-state index contributed by atoms with van der Waals surface area (Å²) >= 11 is -0.277. The molecule has 38 heavy (non-hydrogen) atoms. The van der Waals surface area contributed by atoms with Gasteiger partial charge in [0.25, 0.3) is 0 Å². The summed E-state index contributed by atoms with van der Waals surface area (Å²) in [6, 6.07) is 10.2. The summed E-state index contributed by atoms with van der Waals surface area (Å²) in [5.41, 5.74) is -0.756. The third-order valence-electron chi connectivity index (χ3n) is 10.0. The van der Waals surface area contributed by atoms with Gasteiger partial charge in [0.05, 0.1) is 0 Å². The van der Waals surface area contributed by atoms with E-state index < -0.39 is 35.5 Å². The molecule has 5 nitrogen and oxygen atoms in total. The molecule has 5 rings (SSSR count). The van der Waals surface area contributed by atoms with Gasteiger partial charge in [0.15, 0.2) is 0 Å². The van der Waals surface area contributed by atoms with Crippen molar-refractivity contribution >= 4 is 33.5 Å². The van der Waals surface area contributed by atoms with E-state index in [1.54, 1.807) is 0 Å². The first kappa shape index (κ1) is 28.7. The third-order valence-corrected chi connectivity index (χ3v) is 17.4. The van der Waals surface area contributed by atoms with Crippen LogP contribution in [0.3, 0.4) is 0 Å². The average Bonchev–Trinajstić information content (AvgIpc) is 3.16. The molecule has 2 spiro atoms. The predicted molar refractivity (Wildman–Crippen MR) is 154 cm³/mol. The zero-order valence-electron chi connectivity index (χ0n) is 24.4. The monoisotopic (exact) mass is 606 g/mol. The van der Waals surface area contributed by atoms with Gasteiger partial charge in [-0.2, -0.15) is 0 Å². The normalized spacial score (nSPS) is 38.7. The Morgan fingerprint density at radius 2 is 1.84 bits per heavy atom. The summed E-state index contributed by atoms with van der Waals surface area (Å²) < 4.78 is 21.3. The van der Waals surface area contributed by atoms with Crippen LogP contribution in [0.15, 0.2) is 42.0 Å². The van der Waals surface area contributed by atoms with Crippen molar-refractivity contribution in [2.45, 2.75) is 120 Å². The Hall–Kier alpha value is -0.794. The van der Waals surface area contributed by atoms with Crippen LogP contribution in [0, 0.1) is 11.3 Å². The Balaban J connectivity index is 1.76. The Morgan fingerprint density at radius 3 is 2.47 bits per heavy atom. The van der Waals surface area contributed by atoms with Gasteiger partial charge in [0.2, 0.25) is 0 Å². The number of carbonyl (C=O) groups is 1. The van der Waals surface area contributed by atoms with Crippen LogP contribution in [0.25, 0.3) is 0 Å². The molecule has 1 aromatic carbocycles. The van der Waals surface area contributed by atoms with Gasteiger partial charge in [-0.25, -0.2) is 0 Å². The van der Waals surface area contributed by atoms with Gasteiger partial charge in [-0.15, -0.1) is 0 Å². The average molecular weight is 606 g/mol. The van der Waals surface area contributed by atoms with E-state index >= 15 is 4.79 Å². The van der Waals surface area contributed by atoms with Crippen molar-refractivity contribution in [2.75, 3.05) is 6.61 Å². The van der Waals surface area contributed by atoms with Crippen LogP contribution in [0.5, 0.6) is 0 Å². The van der Waals surface area contributed by atoms with Gasteiger partial charge in [-0.3, -0.25) is 0 Å². The van der Waals surface area contributed by atoms with Gasteiger partial charge in [0.1, 0.15) is 0 Å². The Morgan fingerprint density at radius 1 is 1.16 bits per heavy atom. The molecule has 3 unspecified atom stereocenters. The fourth-order valence-corrected chi connectivity index (χ4v) is 11.6. The molecular formula is C31H46O5SeSi. The van der Waals surface area contributed by atoms with E-state index in [4.69, 9.17) is 13.9 Å². The summed E-state index contributed by atoms with van der Waals surface area (Å²) in [5.74, 6) is -0.715. The predicted octanol–water partition coefficient (Wildman–Crippen LogP) is 5.56. The van der Waals surface area contributed by atoms with E-state index in [1.807, 2.05) is 32.0 Å². The molecule has 2 saturated carbocycles. The Kier molecular flexibility index (Phi) is 7.08. The molecule has 0 aromatic heterocycles. The molecular weight excluding hydrogens is 559 g/mol. The van der Waals surface area contributed by atoms with E-state index in [-0.39, 0.29) is 44.4 Å². The fourth-order valence-electron chi connectivity index (χ4n) is 7.37. The first-order valence-corrected chi connectivity index (χ1v) is 18.9. The van der Waals surface area contributed by atoms with Crippen LogP contribution in [0.2, 0.25) is 22.4 Å². The number of ketones is 1. The van der Waals surface area contributed by atoms with Crippen molar-refractivity contribution in [1.82, 2.24) is 0 Å². The molecule has 0 radical (unpaired) electrons. The number of hydrogen-bond acceptors (Lipinski definition) is 5. The summed E-state index contributed by atoms with van der Waals surface area (Å²) in [5, 5.41) is 11.2. The molecule has 3 fully saturated rings. The number of aliphatic hydroxyl groups is 1. The van der Waals surface area contributed by atoms with E-state index in [9.17, 15) is 5.11 Å². The number of fused-ring (bicyclic) bond motifs is 1. The van der Waals surface area contributed by atoms with Crippen molar-refractivity contribution in [3.8, 4) is 0 Å². The van der Waals surface area contributed by atoms with Crippen molar-refractivity contribution in [1.29, 1.82) is 0 Å².